The first-order chi connectivity index (χ1) is 17.0. The van der Waals surface area contributed by atoms with Crippen LogP contribution >= 0.6 is 0 Å². The molecule has 3 aliphatic heterocycles. The van der Waals surface area contributed by atoms with E-state index < -0.39 is 78.9 Å². The maximum atomic E-state index is 12.1. The predicted molar refractivity (Wildman–Crippen MR) is 118 cm³/mol. The minimum absolute atomic E-state index is 0.0812. The van der Waals surface area contributed by atoms with Crippen LogP contribution in [0.5, 0.6) is 5.75 Å². The van der Waals surface area contributed by atoms with Gasteiger partial charge in [-0.2, -0.15) is 0 Å². The molecule has 1 aromatic carbocycles. The average molecular weight is 508 g/mol. The number of phenols is 1. The number of carbonyl (C=O) groups excluding carboxylic acids is 1. The number of hydrogen-bond donors (Lipinski definition) is 6. The van der Waals surface area contributed by atoms with Crippen molar-refractivity contribution in [3.63, 3.8) is 0 Å². The highest BCUT2D eigenvalue weighted by molar-refractivity contribution is 5.87. The number of aromatic hydroxyl groups is 1. The van der Waals surface area contributed by atoms with Gasteiger partial charge in [0.25, 0.3) is 0 Å². The Bertz CT molecular complexity index is 1040. The van der Waals surface area contributed by atoms with Gasteiger partial charge in [0, 0.05) is 6.08 Å². The third-order valence-electron chi connectivity index (χ3n) is 7.22. The summed E-state index contributed by atoms with van der Waals surface area (Å²) in [7, 11) is 0. The lowest BCUT2D eigenvalue weighted by Crippen LogP contribution is -2.62. The molecule has 6 N–H and O–H groups in total. The molecule has 1 saturated carbocycles. The molecule has 196 valence electrons. The fourth-order valence-corrected chi connectivity index (χ4v) is 5.12. The molecule has 4 aliphatic rings. The fraction of sp³-hybridized carbons (Fsp3) is 0.542. The Morgan fingerprint density at radius 2 is 1.81 bits per heavy atom. The Morgan fingerprint density at radius 1 is 1.08 bits per heavy atom. The summed E-state index contributed by atoms with van der Waals surface area (Å²) in [6.07, 6.45) is -5.78. The lowest BCUT2D eigenvalue weighted by Gasteiger charge is -2.45. The highest BCUT2D eigenvalue weighted by atomic mass is 16.8. The quantitative estimate of drug-likeness (QED) is 0.149. The summed E-state index contributed by atoms with van der Waals surface area (Å²) in [6.45, 7) is 1.22. The molecule has 5 rings (SSSR count). The number of esters is 1. The molecule has 2 saturated heterocycles. The summed E-state index contributed by atoms with van der Waals surface area (Å²) in [5.41, 5.74) is -2.00. The zero-order valence-electron chi connectivity index (χ0n) is 19.2. The Hall–Kier alpha value is -2.55. The van der Waals surface area contributed by atoms with Gasteiger partial charge in [-0.1, -0.05) is 12.1 Å². The number of phenolic OH excluding ortho intramolecular Hbond substituents is 1. The largest absolute Gasteiger partial charge is 0.508 e. The summed E-state index contributed by atoms with van der Waals surface area (Å²) in [5.74, 6) is -1.55. The Balaban J connectivity index is 1.22. The van der Waals surface area contributed by atoms with Gasteiger partial charge in [-0.15, -0.1) is 0 Å². The number of aliphatic hydroxyl groups excluding tert-OH is 4. The number of aliphatic hydroxyl groups is 5. The second-order valence-corrected chi connectivity index (χ2v) is 9.55. The Morgan fingerprint density at radius 3 is 2.53 bits per heavy atom. The zero-order valence-corrected chi connectivity index (χ0v) is 19.2. The maximum Gasteiger partial charge on any atom is 0.330 e. The molecule has 0 amide bonds. The molecule has 12 nitrogen and oxygen atoms in total. The molecule has 0 bridgehead atoms. The van der Waals surface area contributed by atoms with E-state index in [2.05, 4.69) is 0 Å². The van der Waals surface area contributed by atoms with Gasteiger partial charge in [-0.05, 0) is 36.8 Å². The van der Waals surface area contributed by atoms with Crippen LogP contribution in [-0.2, 0) is 28.5 Å². The first-order valence-corrected chi connectivity index (χ1v) is 11.4. The van der Waals surface area contributed by atoms with E-state index in [0.29, 0.717) is 5.56 Å². The second-order valence-electron chi connectivity index (χ2n) is 9.55. The maximum absolute atomic E-state index is 12.1. The van der Waals surface area contributed by atoms with E-state index in [4.69, 9.17) is 23.7 Å². The van der Waals surface area contributed by atoms with Gasteiger partial charge in [0.2, 0.25) is 6.29 Å². The first-order valence-electron chi connectivity index (χ1n) is 11.4. The molecule has 36 heavy (non-hydrogen) atoms. The van der Waals surface area contributed by atoms with Crippen molar-refractivity contribution in [3.05, 3.63) is 48.2 Å². The van der Waals surface area contributed by atoms with Gasteiger partial charge in [0.15, 0.2) is 6.29 Å². The highest BCUT2D eigenvalue weighted by Crippen LogP contribution is 2.61. The van der Waals surface area contributed by atoms with Gasteiger partial charge < -0.3 is 54.3 Å². The number of rotatable bonds is 6. The molecule has 0 spiro atoms. The van der Waals surface area contributed by atoms with E-state index in [9.17, 15) is 35.4 Å². The van der Waals surface area contributed by atoms with Gasteiger partial charge in [0.05, 0.1) is 12.2 Å². The predicted octanol–water partition coefficient (Wildman–Crippen LogP) is -1.48. The number of hydrogen-bond acceptors (Lipinski definition) is 12. The first kappa shape index (κ1) is 25.1. The lowest BCUT2D eigenvalue weighted by molar-refractivity contribution is -0.350. The molecule has 0 radical (unpaired) electrons. The van der Waals surface area contributed by atoms with Crippen molar-refractivity contribution < 1.29 is 59.1 Å². The Kier molecular flexibility index (Phi) is 6.34. The van der Waals surface area contributed by atoms with Crippen LogP contribution in [0.4, 0.5) is 0 Å². The topological polar surface area (TPSA) is 188 Å². The highest BCUT2D eigenvalue weighted by Gasteiger charge is 2.79. The van der Waals surface area contributed by atoms with Crippen molar-refractivity contribution in [1.82, 2.24) is 0 Å². The third-order valence-corrected chi connectivity index (χ3v) is 7.22. The van der Waals surface area contributed by atoms with E-state index in [1.807, 2.05) is 0 Å². The molecule has 1 aromatic rings. The van der Waals surface area contributed by atoms with Gasteiger partial charge >= 0.3 is 5.97 Å². The number of fused-ring (bicyclic) bond motifs is 3. The van der Waals surface area contributed by atoms with Crippen molar-refractivity contribution in [3.8, 4) is 5.75 Å². The van der Waals surface area contributed by atoms with E-state index >= 15 is 0 Å². The smallest absolute Gasteiger partial charge is 0.330 e. The number of carbonyl (C=O) groups is 1. The molecular weight excluding hydrogens is 480 g/mol. The fourth-order valence-electron chi connectivity index (χ4n) is 5.12. The number of ether oxygens (including phenoxy) is 5. The molecule has 12 heteroatoms. The summed E-state index contributed by atoms with van der Waals surface area (Å²) >= 11 is 0. The second kappa shape index (κ2) is 9.08. The van der Waals surface area contributed by atoms with E-state index in [1.54, 1.807) is 19.1 Å². The monoisotopic (exact) mass is 508 g/mol. The lowest BCUT2D eigenvalue weighted by atomic mass is 9.82. The summed E-state index contributed by atoms with van der Waals surface area (Å²) in [4.78, 5) is 12.1. The van der Waals surface area contributed by atoms with Crippen LogP contribution in [0.15, 0.2) is 42.7 Å². The summed E-state index contributed by atoms with van der Waals surface area (Å²) in [6, 6.07) is 6.10. The number of benzene rings is 1. The zero-order chi connectivity index (χ0) is 25.8. The molecule has 1 aliphatic carbocycles. The molecular formula is C24H28O12. The van der Waals surface area contributed by atoms with Gasteiger partial charge in [-0.25, -0.2) is 4.79 Å². The van der Waals surface area contributed by atoms with Crippen LogP contribution in [0, 0.1) is 5.92 Å². The van der Waals surface area contributed by atoms with Crippen LogP contribution in [-0.4, -0.2) is 104 Å². The average Bonchev–Trinajstić information content (AvgIpc) is 3.49. The molecule has 11 atom stereocenters. The molecule has 0 aromatic heterocycles. The minimum Gasteiger partial charge on any atom is -0.508 e. The van der Waals surface area contributed by atoms with Crippen molar-refractivity contribution >= 4 is 12.0 Å². The minimum atomic E-state index is -1.70. The van der Waals surface area contributed by atoms with Crippen molar-refractivity contribution in [2.24, 2.45) is 5.92 Å². The summed E-state index contributed by atoms with van der Waals surface area (Å²) in [5, 5.41) is 61.9. The standard InChI is InChI=1S/C24H28O12/c1-23-18-22(32-9-8-24(18,31)19(30)20(23)36-23)35-21-17(29)16(28)15(27)13(34-21)10-33-14(26)7-4-11-2-5-12(25)6-3-11/h2-9,13,15-22,25,27-31H,10H2,1H3/t13-,15-,16+,17-,18-,19-,20+,21+,22+,23-,24+/m1/s1. The van der Waals surface area contributed by atoms with Crippen molar-refractivity contribution in [2.45, 2.75) is 67.3 Å². The van der Waals surface area contributed by atoms with Crippen molar-refractivity contribution in [1.29, 1.82) is 0 Å². The van der Waals surface area contributed by atoms with E-state index in [0.717, 1.165) is 6.08 Å². The van der Waals surface area contributed by atoms with Crippen LogP contribution in [0.1, 0.15) is 12.5 Å². The molecule has 3 heterocycles. The SMILES string of the molecule is C[C@]12O[C@H]1[C@@H](O)[C@]1(O)C=CO[C@@H](O[C@@H]3O[C@H](COC(=O)C=Cc4ccc(O)cc4)[C@@H](O)[C@H](O)[C@H]3O)[C@@H]12. The van der Waals surface area contributed by atoms with Gasteiger partial charge in [-0.3, -0.25) is 0 Å². The summed E-state index contributed by atoms with van der Waals surface area (Å²) < 4.78 is 27.5. The molecule has 0 unspecified atom stereocenters. The third kappa shape index (κ3) is 4.19. The van der Waals surface area contributed by atoms with Crippen LogP contribution < -0.4 is 0 Å². The van der Waals surface area contributed by atoms with Gasteiger partial charge in [0.1, 0.15) is 60.2 Å². The van der Waals surface area contributed by atoms with Crippen LogP contribution in [0.3, 0.4) is 0 Å². The van der Waals surface area contributed by atoms with E-state index in [1.165, 1.54) is 30.5 Å². The number of epoxide rings is 1. The van der Waals surface area contributed by atoms with E-state index in [-0.39, 0.29) is 5.75 Å². The van der Waals surface area contributed by atoms with Crippen LogP contribution in [0.25, 0.3) is 6.08 Å². The van der Waals surface area contributed by atoms with Crippen molar-refractivity contribution in [2.75, 3.05) is 6.61 Å². The Labute approximate surface area is 205 Å². The van der Waals surface area contributed by atoms with Crippen LogP contribution in [0.2, 0.25) is 0 Å². The molecule has 3 fully saturated rings. The normalized spacial score (nSPS) is 45.1.